The van der Waals surface area contributed by atoms with Crippen molar-refractivity contribution in [3.63, 3.8) is 0 Å². The Bertz CT molecular complexity index is 1780. The Kier molecular flexibility index (Phi) is 8.72. The fraction of sp³-hybridized carbons (Fsp3) is 0.242. The zero-order valence-electron chi connectivity index (χ0n) is 23.3. The van der Waals surface area contributed by atoms with Crippen molar-refractivity contribution in [3.8, 4) is 17.0 Å². The van der Waals surface area contributed by atoms with Gasteiger partial charge >= 0.3 is 5.97 Å². The van der Waals surface area contributed by atoms with Gasteiger partial charge in [-0.05, 0) is 61.4 Å². The lowest BCUT2D eigenvalue weighted by Gasteiger charge is -2.29. The molecule has 3 aromatic carbocycles. The molecule has 11 heteroatoms. The monoisotopic (exact) mass is 782 g/mol. The van der Waals surface area contributed by atoms with Crippen molar-refractivity contribution in [3.05, 3.63) is 88.4 Å². The van der Waals surface area contributed by atoms with Crippen molar-refractivity contribution < 1.29 is 28.7 Å². The molecule has 0 bridgehead atoms. The van der Waals surface area contributed by atoms with Crippen LogP contribution in [0.25, 0.3) is 22.2 Å². The quantitative estimate of drug-likeness (QED) is 0.0850. The smallest absolute Gasteiger partial charge is 0.339 e. The number of alkyl halides is 2. The number of carbonyl (C=O) groups excluding carboxylic acids is 4. The molecule has 2 heterocycles. The van der Waals surface area contributed by atoms with Crippen LogP contribution in [0.4, 0.5) is 5.69 Å². The number of fused-ring (bicyclic) bond motifs is 2. The van der Waals surface area contributed by atoms with Gasteiger partial charge in [0.2, 0.25) is 11.8 Å². The molecule has 8 nitrogen and oxygen atoms in total. The fourth-order valence-electron chi connectivity index (χ4n) is 5.73. The topological polar surface area (TPSA) is 103 Å². The number of hydrogen-bond donors (Lipinski definition) is 0. The first-order valence-corrected chi connectivity index (χ1v) is 16.5. The van der Waals surface area contributed by atoms with E-state index in [1.807, 2.05) is 6.07 Å². The number of ether oxygens (including phenoxy) is 2. The van der Waals surface area contributed by atoms with Crippen LogP contribution in [0.1, 0.15) is 33.6 Å². The number of carbonyl (C=O) groups is 4. The number of methoxy groups -OCH3 is 1. The highest BCUT2D eigenvalue weighted by molar-refractivity contribution is 9.12. The minimum atomic E-state index is -0.671. The Labute approximate surface area is 278 Å². The van der Waals surface area contributed by atoms with Crippen LogP contribution < -0.4 is 9.64 Å². The molecule has 4 aromatic rings. The van der Waals surface area contributed by atoms with E-state index in [1.54, 1.807) is 66.7 Å². The van der Waals surface area contributed by atoms with Gasteiger partial charge in [0.05, 0.1) is 41.4 Å². The van der Waals surface area contributed by atoms with E-state index in [9.17, 15) is 19.2 Å². The Hall–Kier alpha value is -3.41. The third kappa shape index (κ3) is 5.84. The highest BCUT2D eigenvalue weighted by atomic mass is 79.9. The van der Waals surface area contributed by atoms with Gasteiger partial charge in [-0.25, -0.2) is 9.78 Å². The first kappa shape index (κ1) is 30.6. The number of pyridine rings is 1. The molecule has 0 N–H and O–H groups in total. The molecule has 1 saturated heterocycles. The molecule has 6 rings (SSSR count). The van der Waals surface area contributed by atoms with Crippen LogP contribution in [0.2, 0.25) is 0 Å². The van der Waals surface area contributed by atoms with Gasteiger partial charge < -0.3 is 9.47 Å². The third-order valence-corrected chi connectivity index (χ3v) is 11.3. The van der Waals surface area contributed by atoms with Gasteiger partial charge in [0, 0.05) is 30.6 Å². The second kappa shape index (κ2) is 12.5. The normalized spacial score (nSPS) is 21.3. The first-order valence-electron chi connectivity index (χ1n) is 13.9. The van der Waals surface area contributed by atoms with E-state index in [4.69, 9.17) is 14.5 Å². The van der Waals surface area contributed by atoms with Gasteiger partial charge in [-0.15, -0.1) is 0 Å². The SMILES string of the molecule is COc1cccc(C(=O)COC(=O)c2cc(-c3ccc(N4C(=O)C5CC(Br)C(Br)CC5C4=O)cc3)nc3ccc(Br)cc23)c1. The predicted molar refractivity (Wildman–Crippen MR) is 177 cm³/mol. The Morgan fingerprint density at radius 2 is 1.59 bits per heavy atom. The molecule has 44 heavy (non-hydrogen) atoms. The Morgan fingerprint density at radius 1 is 0.909 bits per heavy atom. The van der Waals surface area contributed by atoms with Gasteiger partial charge in [0.15, 0.2) is 12.4 Å². The highest BCUT2D eigenvalue weighted by Crippen LogP contribution is 2.44. The van der Waals surface area contributed by atoms with E-state index in [2.05, 4.69) is 47.8 Å². The van der Waals surface area contributed by atoms with Gasteiger partial charge in [-0.3, -0.25) is 19.3 Å². The minimum Gasteiger partial charge on any atom is -0.497 e. The van der Waals surface area contributed by atoms with Gasteiger partial charge in [0.25, 0.3) is 0 Å². The maximum atomic E-state index is 13.4. The zero-order chi connectivity index (χ0) is 31.1. The summed E-state index contributed by atoms with van der Waals surface area (Å²) in [4.78, 5) is 58.9. The molecule has 4 atom stereocenters. The number of amides is 2. The average Bonchev–Trinajstić information content (AvgIpc) is 3.27. The summed E-state index contributed by atoms with van der Waals surface area (Å²) in [7, 11) is 1.51. The van der Waals surface area contributed by atoms with Crippen LogP contribution in [-0.2, 0) is 14.3 Å². The zero-order valence-corrected chi connectivity index (χ0v) is 28.1. The van der Waals surface area contributed by atoms with Gasteiger partial charge in [-0.2, -0.15) is 0 Å². The van der Waals surface area contributed by atoms with Gasteiger partial charge in [0.1, 0.15) is 5.75 Å². The standard InChI is InChI=1S/C33H25Br3N2O6/c1-43-21-4-2-3-18(11-21)30(39)16-44-33(42)25-15-29(37-28-10-7-19(34)12-22(25)28)17-5-8-20(9-6-17)38-31(40)23-13-26(35)27(36)14-24(23)32(38)41/h2-12,15,23-24,26-27H,13-14,16H2,1H3. The number of anilines is 1. The van der Waals surface area contributed by atoms with Crippen LogP contribution in [0, 0.1) is 11.8 Å². The number of ketones is 1. The third-order valence-electron chi connectivity index (χ3n) is 8.05. The van der Waals surface area contributed by atoms with Crippen LogP contribution in [0.5, 0.6) is 5.75 Å². The Morgan fingerprint density at radius 3 is 2.25 bits per heavy atom. The highest BCUT2D eigenvalue weighted by Gasteiger charge is 2.52. The molecule has 224 valence electrons. The molecule has 0 spiro atoms. The molecule has 1 aromatic heterocycles. The number of imide groups is 1. The number of rotatable bonds is 7. The van der Waals surface area contributed by atoms with Gasteiger partial charge in [-0.1, -0.05) is 72.1 Å². The minimum absolute atomic E-state index is 0.128. The summed E-state index contributed by atoms with van der Waals surface area (Å²) in [6, 6.07) is 20.6. The van der Waals surface area contributed by atoms with Crippen molar-refractivity contribution in [1.82, 2.24) is 4.98 Å². The summed E-state index contributed by atoms with van der Waals surface area (Å²) in [5.74, 6) is -1.55. The van der Waals surface area contributed by atoms with Crippen LogP contribution in [-0.4, -0.2) is 51.9 Å². The molecule has 0 radical (unpaired) electrons. The average molecular weight is 785 g/mol. The lowest BCUT2D eigenvalue weighted by atomic mass is 9.81. The largest absolute Gasteiger partial charge is 0.497 e. The van der Waals surface area contributed by atoms with Crippen molar-refractivity contribution in [2.45, 2.75) is 22.5 Å². The Balaban J connectivity index is 1.26. The first-order chi connectivity index (χ1) is 21.1. The van der Waals surface area contributed by atoms with E-state index in [0.29, 0.717) is 52.0 Å². The summed E-state index contributed by atoms with van der Waals surface area (Å²) in [6.45, 7) is -0.445. The molecule has 2 fully saturated rings. The van der Waals surface area contributed by atoms with Crippen LogP contribution in [0.3, 0.4) is 0 Å². The van der Waals surface area contributed by atoms with E-state index < -0.39 is 12.6 Å². The van der Waals surface area contributed by atoms with Crippen LogP contribution in [0.15, 0.2) is 77.3 Å². The molecular formula is C33H25Br3N2O6. The van der Waals surface area contributed by atoms with Crippen molar-refractivity contribution in [2.75, 3.05) is 18.6 Å². The van der Waals surface area contributed by atoms with Crippen molar-refractivity contribution in [1.29, 1.82) is 0 Å². The van der Waals surface area contributed by atoms with Crippen molar-refractivity contribution in [2.24, 2.45) is 11.8 Å². The molecule has 1 aliphatic heterocycles. The number of Topliss-reactive ketones (excluding diaryl/α,β-unsaturated/α-hetero) is 1. The molecular weight excluding hydrogens is 760 g/mol. The lowest BCUT2D eigenvalue weighted by molar-refractivity contribution is -0.122. The molecule has 1 aliphatic carbocycles. The predicted octanol–water partition coefficient (Wildman–Crippen LogP) is 7.14. The second-order valence-electron chi connectivity index (χ2n) is 10.7. The molecule has 1 saturated carbocycles. The van der Waals surface area contributed by atoms with E-state index in [0.717, 1.165) is 4.47 Å². The maximum absolute atomic E-state index is 13.4. The summed E-state index contributed by atoms with van der Waals surface area (Å²) < 4.78 is 11.4. The molecule has 4 unspecified atom stereocenters. The van der Waals surface area contributed by atoms with Crippen LogP contribution >= 0.6 is 47.8 Å². The number of aromatic nitrogens is 1. The number of hydrogen-bond acceptors (Lipinski definition) is 7. The number of benzene rings is 3. The van der Waals surface area contributed by atoms with E-state index in [-0.39, 0.29) is 44.7 Å². The fourth-order valence-corrected chi connectivity index (χ4v) is 7.33. The number of nitrogens with zero attached hydrogens (tertiary/aromatic N) is 2. The molecule has 2 aliphatic rings. The summed E-state index contributed by atoms with van der Waals surface area (Å²) in [6.07, 6.45) is 1.20. The summed E-state index contributed by atoms with van der Waals surface area (Å²) >= 11 is 10.7. The number of halogens is 3. The number of esters is 1. The summed E-state index contributed by atoms with van der Waals surface area (Å²) in [5, 5.41) is 0.560. The maximum Gasteiger partial charge on any atom is 0.339 e. The molecule has 2 amide bonds. The van der Waals surface area contributed by atoms with E-state index in [1.165, 1.54) is 12.0 Å². The summed E-state index contributed by atoms with van der Waals surface area (Å²) in [5.41, 5.74) is 2.84. The van der Waals surface area contributed by atoms with Crippen molar-refractivity contribution >= 4 is 87.9 Å². The second-order valence-corrected chi connectivity index (χ2v) is 14.0. The van der Waals surface area contributed by atoms with E-state index >= 15 is 0 Å². The lowest BCUT2D eigenvalue weighted by Crippen LogP contribution is -2.34.